The molecule has 0 aliphatic rings. The van der Waals surface area contributed by atoms with Gasteiger partial charge in [0.2, 0.25) is 0 Å². The van der Waals surface area contributed by atoms with Gasteiger partial charge in [0.25, 0.3) is 0 Å². The minimum absolute atomic E-state index is 0.526. The first-order valence-electron chi connectivity index (χ1n) is 3.62. The van der Waals surface area contributed by atoms with E-state index in [0.717, 1.165) is 11.1 Å². The van der Waals surface area contributed by atoms with Crippen molar-refractivity contribution < 1.29 is 0 Å². The number of pyridine rings is 1. The van der Waals surface area contributed by atoms with Crippen molar-refractivity contribution in [1.82, 2.24) is 9.38 Å². The first-order valence-corrected chi connectivity index (χ1v) is 4.00. The lowest BCUT2D eigenvalue weighted by Gasteiger charge is -1.97. The molecule has 0 atom stereocenters. The molecule has 0 aliphatic heterocycles. The molecule has 2 heterocycles. The first-order chi connectivity index (χ1) is 5.81. The third-order valence-corrected chi connectivity index (χ3v) is 2.07. The summed E-state index contributed by atoms with van der Waals surface area (Å²) in [6.07, 6.45) is 3.60. The van der Waals surface area contributed by atoms with Gasteiger partial charge in [0.1, 0.15) is 6.33 Å². The Labute approximate surface area is 74.8 Å². The molecule has 0 bridgehead atoms. The van der Waals surface area contributed by atoms with E-state index in [-0.39, 0.29) is 0 Å². The molecule has 3 nitrogen and oxygen atoms in total. The van der Waals surface area contributed by atoms with E-state index in [1.165, 1.54) is 0 Å². The number of imidazole rings is 1. The molecule has 0 radical (unpaired) electrons. The van der Waals surface area contributed by atoms with Gasteiger partial charge in [0.15, 0.2) is 5.15 Å². The zero-order chi connectivity index (χ0) is 8.55. The van der Waals surface area contributed by atoms with Crippen LogP contribution in [0.2, 0.25) is 5.15 Å². The van der Waals surface area contributed by atoms with Gasteiger partial charge in [-0.3, -0.25) is 0 Å². The van der Waals surface area contributed by atoms with Crippen molar-refractivity contribution in [2.75, 3.05) is 0 Å². The van der Waals surface area contributed by atoms with Crippen molar-refractivity contribution in [1.29, 1.82) is 0 Å². The maximum absolute atomic E-state index is 5.80. The van der Waals surface area contributed by atoms with Crippen LogP contribution in [-0.4, -0.2) is 9.38 Å². The van der Waals surface area contributed by atoms with Crippen LogP contribution >= 0.6 is 11.6 Å². The largest absolute Gasteiger partial charge is 0.326 e. The Balaban J connectivity index is 2.69. The molecule has 12 heavy (non-hydrogen) atoms. The predicted molar refractivity (Wildman–Crippen MR) is 48.1 cm³/mol. The monoisotopic (exact) mass is 181 g/mol. The zero-order valence-corrected chi connectivity index (χ0v) is 7.12. The fourth-order valence-corrected chi connectivity index (χ4v) is 1.34. The summed E-state index contributed by atoms with van der Waals surface area (Å²) in [6.45, 7) is 0.533. The molecule has 0 amide bonds. The topological polar surface area (TPSA) is 43.3 Å². The van der Waals surface area contributed by atoms with Crippen molar-refractivity contribution in [2.45, 2.75) is 6.54 Å². The van der Waals surface area contributed by atoms with E-state index in [1.807, 2.05) is 22.7 Å². The van der Waals surface area contributed by atoms with E-state index in [2.05, 4.69) is 4.98 Å². The van der Waals surface area contributed by atoms with Crippen LogP contribution in [0.15, 0.2) is 24.7 Å². The number of fused-ring (bicyclic) bond motifs is 1. The molecule has 62 valence electrons. The molecular formula is C8H8ClN3. The van der Waals surface area contributed by atoms with Crippen molar-refractivity contribution >= 4 is 17.1 Å². The van der Waals surface area contributed by atoms with E-state index < -0.39 is 0 Å². The van der Waals surface area contributed by atoms with Crippen molar-refractivity contribution in [2.24, 2.45) is 5.73 Å². The summed E-state index contributed by atoms with van der Waals surface area (Å²) >= 11 is 5.80. The summed E-state index contributed by atoms with van der Waals surface area (Å²) < 4.78 is 1.87. The maximum Gasteiger partial charge on any atom is 0.154 e. The van der Waals surface area contributed by atoms with E-state index >= 15 is 0 Å². The van der Waals surface area contributed by atoms with E-state index in [0.29, 0.717) is 11.7 Å². The SMILES string of the molecule is NCc1ccc2c(Cl)ncn2c1. The van der Waals surface area contributed by atoms with Crippen LogP contribution in [0.4, 0.5) is 0 Å². The van der Waals surface area contributed by atoms with Gasteiger partial charge in [0.05, 0.1) is 5.52 Å². The minimum atomic E-state index is 0.526. The van der Waals surface area contributed by atoms with Crippen LogP contribution in [0.25, 0.3) is 5.52 Å². The van der Waals surface area contributed by atoms with Gasteiger partial charge in [-0.25, -0.2) is 4.98 Å². The first kappa shape index (κ1) is 7.58. The Bertz CT molecular complexity index is 408. The highest BCUT2D eigenvalue weighted by molar-refractivity contribution is 6.32. The average molecular weight is 182 g/mol. The van der Waals surface area contributed by atoms with Gasteiger partial charge in [0, 0.05) is 12.7 Å². The zero-order valence-electron chi connectivity index (χ0n) is 6.37. The van der Waals surface area contributed by atoms with Crippen molar-refractivity contribution in [3.63, 3.8) is 0 Å². The second kappa shape index (κ2) is 2.77. The predicted octanol–water partition coefficient (Wildman–Crippen LogP) is 1.45. The van der Waals surface area contributed by atoms with E-state index in [4.69, 9.17) is 17.3 Å². The standard InChI is InChI=1S/C8H8ClN3/c9-8-7-2-1-6(3-10)4-12(7)5-11-8/h1-2,4-5H,3,10H2. The smallest absolute Gasteiger partial charge is 0.154 e. The van der Waals surface area contributed by atoms with Gasteiger partial charge in [-0.2, -0.15) is 0 Å². The fourth-order valence-electron chi connectivity index (χ4n) is 1.13. The van der Waals surface area contributed by atoms with Gasteiger partial charge in [-0.1, -0.05) is 17.7 Å². The van der Waals surface area contributed by atoms with Crippen LogP contribution in [0, 0.1) is 0 Å². The number of aromatic nitrogens is 2. The van der Waals surface area contributed by atoms with E-state index in [9.17, 15) is 0 Å². The Kier molecular flexibility index (Phi) is 1.75. The lowest BCUT2D eigenvalue weighted by Crippen LogP contribution is -1.97. The summed E-state index contributed by atoms with van der Waals surface area (Å²) in [4.78, 5) is 3.96. The summed E-state index contributed by atoms with van der Waals surface area (Å²) in [5.74, 6) is 0. The van der Waals surface area contributed by atoms with Crippen LogP contribution in [0.1, 0.15) is 5.56 Å². The number of hydrogen-bond acceptors (Lipinski definition) is 2. The molecule has 0 aliphatic carbocycles. The van der Waals surface area contributed by atoms with E-state index in [1.54, 1.807) is 6.33 Å². The molecule has 0 unspecified atom stereocenters. The number of rotatable bonds is 1. The highest BCUT2D eigenvalue weighted by atomic mass is 35.5. The molecule has 4 heteroatoms. The normalized spacial score (nSPS) is 10.8. The third kappa shape index (κ3) is 1.07. The number of nitrogens with zero attached hydrogens (tertiary/aromatic N) is 2. The summed E-state index contributed by atoms with van der Waals surface area (Å²) in [6, 6.07) is 3.86. The fraction of sp³-hybridized carbons (Fsp3) is 0.125. The molecule has 2 N–H and O–H groups in total. The molecular weight excluding hydrogens is 174 g/mol. The molecule has 2 rings (SSSR count). The van der Waals surface area contributed by atoms with Gasteiger partial charge >= 0.3 is 0 Å². The second-order valence-electron chi connectivity index (χ2n) is 2.57. The summed E-state index contributed by atoms with van der Waals surface area (Å²) in [5.41, 5.74) is 7.46. The number of hydrogen-bond donors (Lipinski definition) is 1. The lowest BCUT2D eigenvalue weighted by molar-refractivity contribution is 1.02. The molecule has 0 aromatic carbocycles. The molecule has 0 saturated carbocycles. The summed E-state index contributed by atoms with van der Waals surface area (Å²) in [5, 5.41) is 0.526. The van der Waals surface area contributed by atoms with Gasteiger partial charge in [-0.05, 0) is 11.6 Å². The number of nitrogens with two attached hydrogens (primary N) is 1. The van der Waals surface area contributed by atoms with Crippen molar-refractivity contribution in [3.05, 3.63) is 35.4 Å². The molecule has 2 aromatic heterocycles. The molecule has 0 saturated heterocycles. The Hall–Kier alpha value is -1.06. The van der Waals surface area contributed by atoms with Gasteiger partial charge in [-0.15, -0.1) is 0 Å². The minimum Gasteiger partial charge on any atom is -0.326 e. The third-order valence-electron chi connectivity index (χ3n) is 1.78. The molecule has 0 spiro atoms. The van der Waals surface area contributed by atoms with Crippen LogP contribution < -0.4 is 5.73 Å². The maximum atomic E-state index is 5.80. The van der Waals surface area contributed by atoms with Crippen LogP contribution in [-0.2, 0) is 6.54 Å². The van der Waals surface area contributed by atoms with Crippen LogP contribution in [0.5, 0.6) is 0 Å². The Morgan fingerprint density at radius 2 is 2.33 bits per heavy atom. The Morgan fingerprint density at radius 1 is 1.50 bits per heavy atom. The lowest BCUT2D eigenvalue weighted by atomic mass is 10.3. The molecule has 0 fully saturated rings. The summed E-state index contributed by atoms with van der Waals surface area (Å²) in [7, 11) is 0. The average Bonchev–Trinajstić information content (AvgIpc) is 2.47. The Morgan fingerprint density at radius 3 is 3.08 bits per heavy atom. The second-order valence-corrected chi connectivity index (χ2v) is 2.93. The highest BCUT2D eigenvalue weighted by Gasteiger charge is 2.00. The quantitative estimate of drug-likeness (QED) is 0.724. The van der Waals surface area contributed by atoms with Crippen LogP contribution in [0.3, 0.4) is 0 Å². The van der Waals surface area contributed by atoms with Gasteiger partial charge < -0.3 is 10.1 Å². The highest BCUT2D eigenvalue weighted by Crippen LogP contribution is 2.15. The molecule has 2 aromatic rings. The number of halogens is 1. The van der Waals surface area contributed by atoms with Crippen molar-refractivity contribution in [3.8, 4) is 0 Å².